The first-order valence-corrected chi connectivity index (χ1v) is 10.6. The Balaban J connectivity index is 1.77. The van der Waals surface area contributed by atoms with Crippen LogP contribution in [-0.2, 0) is 6.18 Å². The van der Waals surface area contributed by atoms with Gasteiger partial charge in [-0.3, -0.25) is 4.90 Å². The Morgan fingerprint density at radius 2 is 1.88 bits per heavy atom. The minimum absolute atomic E-state index is 0.0204. The van der Waals surface area contributed by atoms with Gasteiger partial charge in [0.05, 0.1) is 16.3 Å². The zero-order chi connectivity index (χ0) is 23.6. The van der Waals surface area contributed by atoms with E-state index in [1.54, 1.807) is 6.20 Å². The highest BCUT2D eigenvalue weighted by atomic mass is 35.5. The Hall–Kier alpha value is -2.75. The topological polar surface area (TPSA) is 87.4 Å². The number of hydrogen-bond acceptors (Lipinski definition) is 5. The number of primary amides is 1. The van der Waals surface area contributed by atoms with E-state index in [1.807, 2.05) is 25.9 Å². The van der Waals surface area contributed by atoms with Crippen molar-refractivity contribution in [1.29, 1.82) is 0 Å². The number of carbonyl (C=O) groups excluding carboxylic acids is 1. The summed E-state index contributed by atoms with van der Waals surface area (Å²) in [4.78, 5) is 23.9. The highest BCUT2D eigenvalue weighted by Crippen LogP contribution is 2.42. The predicted octanol–water partition coefficient (Wildman–Crippen LogP) is 4.83. The van der Waals surface area contributed by atoms with Gasteiger partial charge in [-0.15, -0.1) is 0 Å². The van der Waals surface area contributed by atoms with E-state index in [2.05, 4.69) is 15.3 Å². The molecule has 0 bridgehead atoms. The van der Waals surface area contributed by atoms with Crippen LogP contribution in [0.15, 0.2) is 24.4 Å². The number of anilines is 3. The monoisotopic (exact) mass is 470 g/mol. The van der Waals surface area contributed by atoms with Gasteiger partial charge in [0.2, 0.25) is 5.95 Å². The first-order valence-electron chi connectivity index (χ1n) is 10.2. The Bertz CT molecular complexity index is 976. The number of halogens is 4. The molecule has 0 atom stereocenters. The molecule has 7 nitrogen and oxygen atoms in total. The standard InChI is InChI=1S/C21H26ClF3N6O/c1-12-11-27-20(29-18(12)30(2)3)28-13-7-9-14(10-8-13)31(19(26)32)17-15(21(23,24)25)5-4-6-16(17)22/h4-6,11,13-14H,7-10H2,1-3H3,(H2,26,32)(H,27,28,29)/t13-,14+. The van der Waals surface area contributed by atoms with Crippen LogP contribution in [0.3, 0.4) is 0 Å². The summed E-state index contributed by atoms with van der Waals surface area (Å²) in [6.45, 7) is 1.92. The van der Waals surface area contributed by atoms with Crippen molar-refractivity contribution >= 4 is 35.1 Å². The molecule has 1 saturated carbocycles. The van der Waals surface area contributed by atoms with Crippen LogP contribution >= 0.6 is 11.6 Å². The van der Waals surface area contributed by atoms with Gasteiger partial charge in [0, 0.05) is 37.9 Å². The zero-order valence-electron chi connectivity index (χ0n) is 18.1. The van der Waals surface area contributed by atoms with Crippen LogP contribution < -0.4 is 20.9 Å². The molecule has 3 N–H and O–H groups in total. The first-order chi connectivity index (χ1) is 15.0. The number of aryl methyl sites for hydroxylation is 1. The molecule has 3 rings (SSSR count). The Morgan fingerprint density at radius 1 is 1.22 bits per heavy atom. The maximum absolute atomic E-state index is 13.6. The van der Waals surface area contributed by atoms with Crippen LogP contribution in [0.4, 0.5) is 35.4 Å². The number of amides is 2. The lowest BCUT2D eigenvalue weighted by Gasteiger charge is -2.37. The number of nitrogens with one attached hydrogen (secondary N) is 1. The number of alkyl halides is 3. The third kappa shape index (κ3) is 5.17. The van der Waals surface area contributed by atoms with Gasteiger partial charge in [-0.2, -0.15) is 18.2 Å². The number of nitrogens with two attached hydrogens (primary N) is 1. The average Bonchev–Trinajstić information content (AvgIpc) is 2.71. The summed E-state index contributed by atoms with van der Waals surface area (Å²) in [5.74, 6) is 1.29. The van der Waals surface area contributed by atoms with Crippen molar-refractivity contribution in [2.75, 3.05) is 29.2 Å². The lowest BCUT2D eigenvalue weighted by atomic mass is 9.89. The van der Waals surface area contributed by atoms with Gasteiger partial charge in [-0.1, -0.05) is 17.7 Å². The summed E-state index contributed by atoms with van der Waals surface area (Å²) in [7, 11) is 3.79. The second-order valence-corrected chi connectivity index (χ2v) is 8.49. The molecule has 1 fully saturated rings. The average molecular weight is 471 g/mol. The molecular formula is C21H26ClF3N6O. The van der Waals surface area contributed by atoms with Gasteiger partial charge in [-0.05, 0) is 44.7 Å². The molecule has 0 spiro atoms. The van der Waals surface area contributed by atoms with Crippen molar-refractivity contribution < 1.29 is 18.0 Å². The molecule has 11 heteroatoms. The van der Waals surface area contributed by atoms with E-state index in [0.717, 1.165) is 22.3 Å². The third-order valence-electron chi connectivity index (χ3n) is 5.53. The fraction of sp³-hybridized carbons (Fsp3) is 0.476. The van der Waals surface area contributed by atoms with Crippen molar-refractivity contribution in [3.8, 4) is 0 Å². The number of nitrogens with zero attached hydrogens (tertiary/aromatic N) is 4. The quantitative estimate of drug-likeness (QED) is 0.653. The van der Waals surface area contributed by atoms with Crippen LogP contribution in [0.5, 0.6) is 0 Å². The van der Waals surface area contributed by atoms with E-state index in [1.165, 1.54) is 12.1 Å². The highest BCUT2D eigenvalue weighted by Gasteiger charge is 2.39. The number of para-hydroxylation sites is 1. The molecule has 1 heterocycles. The number of hydrogen-bond donors (Lipinski definition) is 2. The van der Waals surface area contributed by atoms with Crippen LogP contribution in [0, 0.1) is 6.92 Å². The first kappa shape index (κ1) is 23.9. The molecule has 0 radical (unpaired) electrons. The van der Waals surface area contributed by atoms with Crippen molar-refractivity contribution in [3.63, 3.8) is 0 Å². The summed E-state index contributed by atoms with van der Waals surface area (Å²) in [5.41, 5.74) is 5.10. The lowest BCUT2D eigenvalue weighted by Crippen LogP contribution is -2.47. The second-order valence-electron chi connectivity index (χ2n) is 8.09. The Labute approximate surface area is 189 Å². The molecular weight excluding hydrogens is 445 g/mol. The van der Waals surface area contributed by atoms with E-state index in [4.69, 9.17) is 17.3 Å². The van der Waals surface area contributed by atoms with Gasteiger partial charge in [-0.25, -0.2) is 9.78 Å². The van der Waals surface area contributed by atoms with Gasteiger partial charge in [0.15, 0.2) is 0 Å². The number of benzene rings is 1. The van der Waals surface area contributed by atoms with Crippen molar-refractivity contribution in [2.45, 2.75) is 50.9 Å². The van der Waals surface area contributed by atoms with Gasteiger partial charge < -0.3 is 16.0 Å². The van der Waals surface area contributed by atoms with E-state index >= 15 is 0 Å². The Kier molecular flexibility index (Phi) is 7.02. The fourth-order valence-electron chi connectivity index (χ4n) is 4.08. The van der Waals surface area contributed by atoms with Gasteiger partial charge in [0.25, 0.3) is 0 Å². The third-order valence-corrected chi connectivity index (χ3v) is 5.84. The molecule has 174 valence electrons. The van der Waals surface area contributed by atoms with E-state index in [0.29, 0.717) is 31.6 Å². The predicted molar refractivity (Wildman–Crippen MR) is 119 cm³/mol. The minimum Gasteiger partial charge on any atom is -0.362 e. The summed E-state index contributed by atoms with van der Waals surface area (Å²) in [6.07, 6.45) is -0.810. The zero-order valence-corrected chi connectivity index (χ0v) is 18.8. The summed E-state index contributed by atoms with van der Waals surface area (Å²) < 4.78 is 40.7. The van der Waals surface area contributed by atoms with Crippen LogP contribution in [0.1, 0.15) is 36.8 Å². The molecule has 32 heavy (non-hydrogen) atoms. The molecule has 1 aromatic heterocycles. The fourth-order valence-corrected chi connectivity index (χ4v) is 4.34. The Morgan fingerprint density at radius 3 is 2.44 bits per heavy atom. The maximum atomic E-state index is 13.6. The number of urea groups is 1. The summed E-state index contributed by atoms with van der Waals surface area (Å²) in [5, 5.41) is 3.13. The van der Waals surface area contributed by atoms with Gasteiger partial charge >= 0.3 is 12.2 Å². The van der Waals surface area contributed by atoms with Crippen molar-refractivity contribution in [1.82, 2.24) is 9.97 Å². The number of aromatic nitrogens is 2. The second kappa shape index (κ2) is 9.40. The molecule has 2 aromatic rings. The highest BCUT2D eigenvalue weighted by molar-refractivity contribution is 6.34. The van der Waals surface area contributed by atoms with Crippen molar-refractivity contribution in [2.24, 2.45) is 5.73 Å². The maximum Gasteiger partial charge on any atom is 0.418 e. The molecule has 1 aliphatic carbocycles. The number of carbonyl (C=O) groups is 1. The van der Waals surface area contributed by atoms with Gasteiger partial charge in [0.1, 0.15) is 5.82 Å². The van der Waals surface area contributed by atoms with E-state index < -0.39 is 23.8 Å². The summed E-state index contributed by atoms with van der Waals surface area (Å²) in [6, 6.07) is 2.00. The SMILES string of the molecule is Cc1cnc(N[C@H]2CC[C@@H](N(C(N)=O)c3c(Cl)cccc3C(F)(F)F)CC2)nc1N(C)C. The van der Waals surface area contributed by atoms with Crippen LogP contribution in [0.25, 0.3) is 0 Å². The number of rotatable bonds is 5. The van der Waals surface area contributed by atoms with Crippen LogP contribution in [-0.4, -0.2) is 42.2 Å². The molecule has 0 unspecified atom stereocenters. The molecule has 1 aliphatic rings. The minimum atomic E-state index is -4.67. The lowest BCUT2D eigenvalue weighted by molar-refractivity contribution is -0.137. The van der Waals surface area contributed by atoms with Crippen LogP contribution in [0.2, 0.25) is 5.02 Å². The molecule has 1 aromatic carbocycles. The van der Waals surface area contributed by atoms with E-state index in [9.17, 15) is 18.0 Å². The van der Waals surface area contributed by atoms with E-state index in [-0.39, 0.29) is 16.8 Å². The molecule has 0 aliphatic heterocycles. The molecule has 2 amide bonds. The smallest absolute Gasteiger partial charge is 0.362 e. The summed E-state index contributed by atoms with van der Waals surface area (Å²) >= 11 is 6.10. The largest absolute Gasteiger partial charge is 0.418 e. The molecule has 0 saturated heterocycles. The normalized spacial score (nSPS) is 18.8. The van der Waals surface area contributed by atoms with Crippen molar-refractivity contribution in [3.05, 3.63) is 40.5 Å².